The van der Waals surface area contributed by atoms with Crippen LogP contribution >= 0.6 is 0 Å². The van der Waals surface area contributed by atoms with Crippen molar-refractivity contribution in [3.8, 4) is 5.75 Å². The number of carbonyl (C=O) groups is 1. The van der Waals surface area contributed by atoms with Gasteiger partial charge in [-0.1, -0.05) is 19.1 Å². The first-order chi connectivity index (χ1) is 11.1. The van der Waals surface area contributed by atoms with Crippen molar-refractivity contribution in [2.45, 2.75) is 44.9 Å². The van der Waals surface area contributed by atoms with E-state index in [1.165, 1.54) is 24.0 Å². The van der Waals surface area contributed by atoms with Crippen molar-refractivity contribution in [2.75, 3.05) is 7.11 Å². The van der Waals surface area contributed by atoms with E-state index in [1.807, 2.05) is 6.08 Å². The number of benzene rings is 1. The van der Waals surface area contributed by atoms with Gasteiger partial charge in [-0.2, -0.15) is 0 Å². The molecule has 0 heterocycles. The molecule has 4 rings (SSSR count). The molecule has 2 heteroatoms. The van der Waals surface area contributed by atoms with Gasteiger partial charge in [0.1, 0.15) is 11.5 Å². The zero-order valence-corrected chi connectivity index (χ0v) is 14.2. The van der Waals surface area contributed by atoms with E-state index in [4.69, 9.17) is 4.74 Å². The first kappa shape index (κ1) is 15.0. The number of hydrogen-bond acceptors (Lipinski definition) is 2. The molecule has 2 saturated carbocycles. The smallest absolute Gasteiger partial charge is 0.140 e. The van der Waals surface area contributed by atoms with Crippen LogP contribution in [0.3, 0.4) is 0 Å². The summed E-state index contributed by atoms with van der Waals surface area (Å²) in [5.41, 5.74) is 2.63. The van der Waals surface area contributed by atoms with Crippen LogP contribution in [0.15, 0.2) is 30.9 Å². The van der Waals surface area contributed by atoms with Crippen LogP contribution in [0.5, 0.6) is 5.75 Å². The monoisotopic (exact) mass is 310 g/mol. The zero-order chi connectivity index (χ0) is 16.2. The van der Waals surface area contributed by atoms with Gasteiger partial charge >= 0.3 is 0 Å². The van der Waals surface area contributed by atoms with E-state index in [-0.39, 0.29) is 5.41 Å². The Morgan fingerprint density at radius 2 is 2.13 bits per heavy atom. The number of hydrogen-bond donors (Lipinski definition) is 0. The van der Waals surface area contributed by atoms with Crippen LogP contribution in [0.25, 0.3) is 0 Å². The lowest BCUT2D eigenvalue weighted by atomic mass is 9.53. The average Bonchev–Trinajstić information content (AvgIpc) is 2.92. The van der Waals surface area contributed by atoms with E-state index >= 15 is 0 Å². The SMILES string of the molecule is C=C[C@H]1CC[C@@H]2[C@H]3CCc4cc(OC)ccc4[C@@H]3CC(=O)[C@@]21C. The van der Waals surface area contributed by atoms with Crippen molar-refractivity contribution in [2.24, 2.45) is 23.2 Å². The van der Waals surface area contributed by atoms with Gasteiger partial charge in [0.05, 0.1) is 7.11 Å². The van der Waals surface area contributed by atoms with Crippen molar-refractivity contribution < 1.29 is 9.53 Å². The fraction of sp³-hybridized carbons (Fsp3) is 0.571. The zero-order valence-electron chi connectivity index (χ0n) is 14.2. The van der Waals surface area contributed by atoms with Crippen molar-refractivity contribution in [1.82, 2.24) is 0 Å². The second-order valence-electron chi connectivity index (χ2n) is 7.81. The number of methoxy groups -OCH3 is 1. The molecule has 0 saturated heterocycles. The minimum absolute atomic E-state index is 0.160. The molecule has 0 spiro atoms. The lowest BCUT2D eigenvalue weighted by Gasteiger charge is -2.49. The highest BCUT2D eigenvalue weighted by molar-refractivity contribution is 5.88. The summed E-state index contributed by atoms with van der Waals surface area (Å²) in [4.78, 5) is 13.1. The first-order valence-corrected chi connectivity index (χ1v) is 8.92. The number of allylic oxidation sites excluding steroid dienone is 1. The number of carbonyl (C=O) groups excluding carboxylic acids is 1. The second-order valence-corrected chi connectivity index (χ2v) is 7.81. The molecule has 0 aliphatic heterocycles. The molecule has 0 unspecified atom stereocenters. The molecule has 0 bridgehead atoms. The van der Waals surface area contributed by atoms with Gasteiger partial charge in [0.25, 0.3) is 0 Å². The van der Waals surface area contributed by atoms with Crippen LogP contribution in [-0.4, -0.2) is 12.9 Å². The second kappa shape index (κ2) is 5.22. The van der Waals surface area contributed by atoms with Crippen molar-refractivity contribution in [3.63, 3.8) is 0 Å². The lowest BCUT2D eigenvalue weighted by Crippen LogP contribution is -2.48. The van der Waals surface area contributed by atoms with E-state index in [2.05, 4.69) is 31.7 Å². The standard InChI is InChI=1S/C21H26O2/c1-4-14-6-10-19-17-8-5-13-11-15(23-3)7-9-16(13)18(17)12-20(22)21(14,19)2/h4,7,9,11,14,17-19H,1,5-6,8,10,12H2,2-3H3/t14-,17-,18-,19+,21+/m0/s1. The predicted molar refractivity (Wildman–Crippen MR) is 91.7 cm³/mol. The molecule has 23 heavy (non-hydrogen) atoms. The largest absolute Gasteiger partial charge is 0.497 e. The number of rotatable bonds is 2. The minimum Gasteiger partial charge on any atom is -0.497 e. The molecule has 122 valence electrons. The van der Waals surface area contributed by atoms with E-state index in [0.29, 0.717) is 35.9 Å². The van der Waals surface area contributed by atoms with Gasteiger partial charge in [0, 0.05) is 11.8 Å². The number of Topliss-reactive ketones (excluding diaryl/α,β-unsaturated/α-hetero) is 1. The molecule has 3 aliphatic carbocycles. The third-order valence-corrected chi connectivity index (χ3v) is 7.15. The molecule has 0 amide bonds. The van der Waals surface area contributed by atoms with Crippen molar-refractivity contribution in [3.05, 3.63) is 42.0 Å². The fourth-order valence-electron chi connectivity index (χ4n) is 5.87. The fourth-order valence-corrected chi connectivity index (χ4v) is 5.87. The van der Waals surface area contributed by atoms with Crippen molar-refractivity contribution in [1.29, 1.82) is 0 Å². The Morgan fingerprint density at radius 1 is 1.30 bits per heavy atom. The number of ether oxygens (including phenoxy) is 1. The molecule has 5 atom stereocenters. The van der Waals surface area contributed by atoms with Crippen LogP contribution in [0.1, 0.15) is 49.7 Å². The van der Waals surface area contributed by atoms with Gasteiger partial charge in [-0.25, -0.2) is 0 Å². The molecule has 3 aliphatic rings. The number of fused-ring (bicyclic) bond motifs is 5. The maximum Gasteiger partial charge on any atom is 0.140 e. The van der Waals surface area contributed by atoms with E-state index < -0.39 is 0 Å². The quantitative estimate of drug-likeness (QED) is 0.750. The van der Waals surface area contributed by atoms with E-state index in [9.17, 15) is 4.79 Å². The summed E-state index contributed by atoms with van der Waals surface area (Å²) in [6, 6.07) is 6.44. The maximum absolute atomic E-state index is 13.1. The van der Waals surface area contributed by atoms with Crippen molar-refractivity contribution >= 4 is 5.78 Å². The minimum atomic E-state index is -0.160. The van der Waals surface area contributed by atoms with Gasteiger partial charge in [-0.05, 0) is 72.6 Å². The third-order valence-electron chi connectivity index (χ3n) is 7.15. The Labute approximate surface area is 138 Å². The summed E-state index contributed by atoms with van der Waals surface area (Å²) in [6.07, 6.45) is 7.40. The molecule has 1 aromatic carbocycles. The summed E-state index contributed by atoms with van der Waals surface area (Å²) in [7, 11) is 1.72. The highest BCUT2D eigenvalue weighted by Gasteiger charge is 2.58. The van der Waals surface area contributed by atoms with Crippen LogP contribution in [-0.2, 0) is 11.2 Å². The molecule has 0 N–H and O–H groups in total. The first-order valence-electron chi connectivity index (χ1n) is 8.92. The summed E-state index contributed by atoms with van der Waals surface area (Å²) in [5.74, 6) is 3.38. The van der Waals surface area contributed by atoms with Gasteiger partial charge in [-0.3, -0.25) is 4.79 Å². The third kappa shape index (κ3) is 1.96. The molecule has 0 aromatic heterocycles. The Hall–Kier alpha value is -1.57. The van der Waals surface area contributed by atoms with Gasteiger partial charge in [0.2, 0.25) is 0 Å². The highest BCUT2D eigenvalue weighted by Crippen LogP contribution is 2.61. The highest BCUT2D eigenvalue weighted by atomic mass is 16.5. The molecule has 0 radical (unpaired) electrons. The maximum atomic E-state index is 13.1. The molecule has 2 nitrogen and oxygen atoms in total. The Balaban J connectivity index is 1.73. The topological polar surface area (TPSA) is 26.3 Å². The van der Waals surface area contributed by atoms with E-state index in [1.54, 1.807) is 7.11 Å². The molecule has 1 aromatic rings. The molecular weight excluding hydrogens is 284 g/mol. The van der Waals surface area contributed by atoms with Crippen LogP contribution < -0.4 is 4.74 Å². The molecule has 2 fully saturated rings. The molecular formula is C21H26O2. The summed E-state index contributed by atoms with van der Waals surface area (Å²) >= 11 is 0. The normalized spacial score (nSPS) is 38.4. The Morgan fingerprint density at radius 3 is 2.87 bits per heavy atom. The predicted octanol–water partition coefficient (Wildman–Crippen LogP) is 4.53. The lowest BCUT2D eigenvalue weighted by molar-refractivity contribution is -0.138. The summed E-state index contributed by atoms with van der Waals surface area (Å²) in [5, 5.41) is 0. The van der Waals surface area contributed by atoms with Gasteiger partial charge < -0.3 is 4.74 Å². The van der Waals surface area contributed by atoms with Crippen LogP contribution in [0.2, 0.25) is 0 Å². The van der Waals surface area contributed by atoms with Crippen LogP contribution in [0.4, 0.5) is 0 Å². The van der Waals surface area contributed by atoms with Gasteiger partial charge in [-0.15, -0.1) is 6.58 Å². The van der Waals surface area contributed by atoms with Gasteiger partial charge in [0.15, 0.2) is 0 Å². The Bertz CT molecular complexity index is 662. The summed E-state index contributed by atoms with van der Waals surface area (Å²) in [6.45, 7) is 6.23. The number of ketones is 1. The summed E-state index contributed by atoms with van der Waals surface area (Å²) < 4.78 is 5.37. The van der Waals surface area contributed by atoms with Crippen LogP contribution in [0, 0.1) is 23.2 Å². The average molecular weight is 310 g/mol. The Kier molecular flexibility index (Phi) is 3.40. The number of aryl methyl sites for hydroxylation is 1. The van der Waals surface area contributed by atoms with E-state index in [0.717, 1.165) is 18.6 Å².